The number of hydrogen-bond acceptors (Lipinski definition) is 4. The van der Waals surface area contributed by atoms with Gasteiger partial charge in [0.1, 0.15) is 0 Å². The van der Waals surface area contributed by atoms with Gasteiger partial charge in [-0.05, 0) is 23.8 Å². The van der Waals surface area contributed by atoms with Crippen molar-refractivity contribution in [2.45, 2.75) is 6.10 Å². The molecule has 24 heavy (non-hydrogen) atoms. The van der Waals surface area contributed by atoms with Crippen LogP contribution in [0, 0.1) is 0 Å². The third kappa shape index (κ3) is 3.98. The molecule has 0 aliphatic carbocycles. The Bertz CT molecular complexity index is 831. The van der Waals surface area contributed by atoms with Crippen molar-refractivity contribution in [2.24, 2.45) is 0 Å². The van der Waals surface area contributed by atoms with E-state index in [-0.39, 0.29) is 13.2 Å². The summed E-state index contributed by atoms with van der Waals surface area (Å²) >= 11 is 0. The van der Waals surface area contributed by atoms with Gasteiger partial charge in [0.15, 0.2) is 0 Å². The molecule has 4 nitrogen and oxygen atoms in total. The van der Waals surface area contributed by atoms with Crippen molar-refractivity contribution >= 4 is 28.7 Å². The lowest BCUT2D eigenvalue weighted by molar-refractivity contribution is 0.105. The summed E-state index contributed by atoms with van der Waals surface area (Å²) in [5.74, 6) is 0. The van der Waals surface area contributed by atoms with Gasteiger partial charge in [-0.3, -0.25) is 0 Å². The largest absolute Gasteiger partial charge is 0.394 e. The lowest BCUT2D eigenvalue weighted by Gasteiger charge is -2.13. The second-order valence-electron chi connectivity index (χ2n) is 5.57. The van der Waals surface area contributed by atoms with Gasteiger partial charge in [0.05, 0.1) is 23.9 Å². The highest BCUT2D eigenvalue weighted by atomic mass is 16.3. The SMILES string of the molecule is OCC(O)CNc1cc(C=Cc2ccccc2)nc2ccccc12. The van der Waals surface area contributed by atoms with Crippen LogP contribution >= 0.6 is 0 Å². The Morgan fingerprint density at radius 3 is 2.54 bits per heavy atom. The van der Waals surface area contributed by atoms with Gasteiger partial charge >= 0.3 is 0 Å². The van der Waals surface area contributed by atoms with Crippen LogP contribution < -0.4 is 5.32 Å². The fourth-order valence-corrected chi connectivity index (χ4v) is 2.47. The fourth-order valence-electron chi connectivity index (χ4n) is 2.47. The van der Waals surface area contributed by atoms with Gasteiger partial charge < -0.3 is 15.5 Å². The number of aliphatic hydroxyl groups excluding tert-OH is 2. The summed E-state index contributed by atoms with van der Waals surface area (Å²) in [6, 6.07) is 19.9. The Hall–Kier alpha value is -2.69. The number of anilines is 1. The zero-order chi connectivity index (χ0) is 16.8. The fraction of sp³-hybridized carbons (Fsp3) is 0.150. The monoisotopic (exact) mass is 320 g/mol. The zero-order valence-corrected chi connectivity index (χ0v) is 13.3. The van der Waals surface area contributed by atoms with Gasteiger partial charge in [-0.25, -0.2) is 4.98 Å². The van der Waals surface area contributed by atoms with Gasteiger partial charge in [-0.1, -0.05) is 54.6 Å². The van der Waals surface area contributed by atoms with Gasteiger partial charge in [0.2, 0.25) is 0 Å². The minimum Gasteiger partial charge on any atom is -0.394 e. The minimum absolute atomic E-state index is 0.267. The van der Waals surface area contributed by atoms with E-state index in [2.05, 4.69) is 10.3 Å². The molecule has 0 radical (unpaired) electrons. The number of pyridine rings is 1. The van der Waals surface area contributed by atoms with E-state index in [0.717, 1.165) is 27.8 Å². The Morgan fingerprint density at radius 2 is 1.75 bits per heavy atom. The lowest BCUT2D eigenvalue weighted by Crippen LogP contribution is -2.23. The summed E-state index contributed by atoms with van der Waals surface area (Å²) in [5, 5.41) is 22.7. The van der Waals surface area contributed by atoms with Crippen molar-refractivity contribution < 1.29 is 10.2 Å². The first-order valence-electron chi connectivity index (χ1n) is 7.92. The van der Waals surface area contributed by atoms with Crippen molar-refractivity contribution in [3.8, 4) is 0 Å². The number of rotatable bonds is 6. The number of aromatic nitrogens is 1. The zero-order valence-electron chi connectivity index (χ0n) is 13.3. The highest BCUT2D eigenvalue weighted by Crippen LogP contribution is 2.24. The maximum Gasteiger partial charge on any atom is 0.0942 e. The summed E-state index contributed by atoms with van der Waals surface area (Å²) in [4.78, 5) is 4.66. The summed E-state index contributed by atoms with van der Waals surface area (Å²) in [6.45, 7) is 0.0170. The maximum absolute atomic E-state index is 9.57. The molecule has 0 saturated carbocycles. The van der Waals surface area contributed by atoms with E-state index < -0.39 is 6.10 Å². The molecule has 3 N–H and O–H groups in total. The standard InChI is InChI=1S/C20H20N2O2/c23-14-17(24)13-21-20-12-16(11-10-15-6-2-1-3-7-15)22-19-9-5-4-8-18(19)20/h1-12,17,23-24H,13-14H2,(H,21,22). The number of aliphatic hydroxyl groups is 2. The molecule has 0 saturated heterocycles. The Morgan fingerprint density at radius 1 is 1.00 bits per heavy atom. The lowest BCUT2D eigenvalue weighted by atomic mass is 10.1. The van der Waals surface area contributed by atoms with Crippen LogP contribution in [0.2, 0.25) is 0 Å². The second-order valence-corrected chi connectivity index (χ2v) is 5.57. The number of hydrogen-bond donors (Lipinski definition) is 3. The smallest absolute Gasteiger partial charge is 0.0942 e. The van der Waals surface area contributed by atoms with E-state index in [1.807, 2.05) is 72.8 Å². The Labute approximate surface area is 141 Å². The average molecular weight is 320 g/mol. The van der Waals surface area contributed by atoms with Crippen molar-refractivity contribution in [1.29, 1.82) is 0 Å². The van der Waals surface area contributed by atoms with Crippen LogP contribution in [0.25, 0.3) is 23.1 Å². The predicted octanol–water partition coefficient (Wildman–Crippen LogP) is 3.17. The number of fused-ring (bicyclic) bond motifs is 1. The van der Waals surface area contributed by atoms with E-state index in [0.29, 0.717) is 0 Å². The molecule has 1 aromatic heterocycles. The quantitative estimate of drug-likeness (QED) is 0.653. The van der Waals surface area contributed by atoms with Gasteiger partial charge in [0.25, 0.3) is 0 Å². The van der Waals surface area contributed by atoms with E-state index in [1.54, 1.807) is 0 Å². The molecule has 0 bridgehead atoms. The molecule has 1 atom stereocenters. The topological polar surface area (TPSA) is 65.4 Å². The van der Waals surface area contributed by atoms with Gasteiger partial charge in [-0.15, -0.1) is 0 Å². The first kappa shape index (κ1) is 16.2. The molecule has 0 amide bonds. The molecule has 4 heteroatoms. The van der Waals surface area contributed by atoms with Crippen molar-refractivity contribution in [3.63, 3.8) is 0 Å². The molecule has 0 aliphatic rings. The Balaban J connectivity index is 1.92. The highest BCUT2D eigenvalue weighted by Gasteiger charge is 2.06. The maximum atomic E-state index is 9.57. The summed E-state index contributed by atoms with van der Waals surface area (Å²) < 4.78 is 0. The number of benzene rings is 2. The van der Waals surface area contributed by atoms with E-state index in [1.165, 1.54) is 0 Å². The second kappa shape index (κ2) is 7.73. The third-order valence-corrected chi connectivity index (χ3v) is 3.72. The molecule has 1 heterocycles. The molecular formula is C20H20N2O2. The summed E-state index contributed by atoms with van der Waals surface area (Å²) in [6.07, 6.45) is 3.19. The summed E-state index contributed by atoms with van der Waals surface area (Å²) in [5.41, 5.74) is 3.71. The van der Waals surface area contributed by atoms with Crippen LogP contribution in [0.5, 0.6) is 0 Å². The predicted molar refractivity (Wildman–Crippen MR) is 98.7 cm³/mol. The first-order chi connectivity index (χ1) is 11.8. The highest BCUT2D eigenvalue weighted by molar-refractivity contribution is 5.92. The van der Waals surface area contributed by atoms with E-state index >= 15 is 0 Å². The van der Waals surface area contributed by atoms with Crippen molar-refractivity contribution in [1.82, 2.24) is 4.98 Å². The van der Waals surface area contributed by atoms with Crippen LogP contribution in [0.15, 0.2) is 60.7 Å². The van der Waals surface area contributed by atoms with Crippen LogP contribution in [-0.4, -0.2) is 34.5 Å². The molecule has 0 aliphatic heterocycles. The van der Waals surface area contributed by atoms with Crippen LogP contribution in [0.4, 0.5) is 5.69 Å². The van der Waals surface area contributed by atoms with Gasteiger partial charge in [-0.2, -0.15) is 0 Å². The van der Waals surface area contributed by atoms with Crippen LogP contribution in [-0.2, 0) is 0 Å². The number of nitrogens with one attached hydrogen (secondary N) is 1. The first-order valence-corrected chi connectivity index (χ1v) is 7.92. The normalized spacial score (nSPS) is 12.6. The summed E-state index contributed by atoms with van der Waals surface area (Å²) in [7, 11) is 0. The molecular weight excluding hydrogens is 300 g/mol. The van der Waals surface area contributed by atoms with Crippen LogP contribution in [0.3, 0.4) is 0 Å². The molecule has 0 spiro atoms. The molecule has 0 fully saturated rings. The van der Waals surface area contributed by atoms with Crippen LogP contribution in [0.1, 0.15) is 11.3 Å². The molecule has 3 aromatic rings. The molecule has 2 aromatic carbocycles. The Kier molecular flexibility index (Phi) is 5.21. The molecule has 1 unspecified atom stereocenters. The number of nitrogens with zero attached hydrogens (tertiary/aromatic N) is 1. The number of para-hydroxylation sites is 1. The molecule has 3 rings (SSSR count). The minimum atomic E-state index is -0.791. The van der Waals surface area contributed by atoms with E-state index in [9.17, 15) is 5.11 Å². The average Bonchev–Trinajstić information content (AvgIpc) is 2.65. The third-order valence-electron chi connectivity index (χ3n) is 3.72. The van der Waals surface area contributed by atoms with Crippen molar-refractivity contribution in [3.05, 3.63) is 71.9 Å². The van der Waals surface area contributed by atoms with E-state index in [4.69, 9.17) is 5.11 Å². The molecule has 122 valence electrons. The van der Waals surface area contributed by atoms with Gasteiger partial charge in [0, 0.05) is 17.6 Å². The van der Waals surface area contributed by atoms with Crippen molar-refractivity contribution in [2.75, 3.05) is 18.5 Å².